The van der Waals surface area contributed by atoms with Gasteiger partial charge < -0.3 is 20.8 Å². The van der Waals surface area contributed by atoms with E-state index in [1.54, 1.807) is 0 Å². The fraction of sp³-hybridized carbons (Fsp3) is 0.769. The van der Waals surface area contributed by atoms with Gasteiger partial charge in [-0.25, -0.2) is 9.59 Å². The van der Waals surface area contributed by atoms with Crippen LogP contribution >= 0.6 is 0 Å². The van der Waals surface area contributed by atoms with Crippen molar-refractivity contribution in [1.29, 1.82) is 0 Å². The molecule has 20 heavy (non-hydrogen) atoms. The van der Waals surface area contributed by atoms with Crippen LogP contribution in [0.2, 0.25) is 0 Å². The summed E-state index contributed by atoms with van der Waals surface area (Å²) in [5, 5.41) is 22.5. The molecule has 3 fully saturated rings. The number of urea groups is 1. The Hall–Kier alpha value is -1.79. The topological polar surface area (TPSA) is 116 Å². The number of carbonyl (C=O) groups excluding carboxylic acids is 1. The summed E-state index contributed by atoms with van der Waals surface area (Å²) in [6.07, 6.45) is 3.13. The number of carboxylic acid groups (broad SMARTS) is 2. The van der Waals surface area contributed by atoms with E-state index in [9.17, 15) is 14.4 Å². The minimum atomic E-state index is -1.39. The van der Waals surface area contributed by atoms with Crippen LogP contribution in [0, 0.1) is 23.7 Å². The molecule has 3 aliphatic carbocycles. The zero-order chi connectivity index (χ0) is 14.4. The fourth-order valence-corrected chi connectivity index (χ4v) is 4.24. The van der Waals surface area contributed by atoms with Crippen LogP contribution in [-0.2, 0) is 9.59 Å². The molecule has 4 unspecified atom stereocenters. The summed E-state index contributed by atoms with van der Waals surface area (Å²) in [5.74, 6) is -0.0451. The van der Waals surface area contributed by atoms with Gasteiger partial charge in [0.25, 0.3) is 0 Å². The number of carbonyl (C=O) groups is 3. The van der Waals surface area contributed by atoms with Crippen LogP contribution in [0.3, 0.4) is 0 Å². The summed E-state index contributed by atoms with van der Waals surface area (Å²) in [7, 11) is 0. The predicted octanol–water partition coefficient (Wildman–Crippen LogP) is 0.258. The molecule has 4 N–H and O–H groups in total. The highest BCUT2D eigenvalue weighted by molar-refractivity contribution is 5.86. The number of amides is 2. The van der Waals surface area contributed by atoms with Gasteiger partial charge in [0, 0.05) is 6.04 Å². The molecular weight excluding hydrogens is 264 g/mol. The van der Waals surface area contributed by atoms with Gasteiger partial charge in [0.2, 0.25) is 0 Å². The first-order valence-corrected chi connectivity index (χ1v) is 6.99. The number of hydrogen-bond donors (Lipinski definition) is 4. The first kappa shape index (κ1) is 13.2. The van der Waals surface area contributed by atoms with Gasteiger partial charge in [-0.3, -0.25) is 4.79 Å². The lowest BCUT2D eigenvalue weighted by Crippen LogP contribution is -2.48. The van der Waals surface area contributed by atoms with Gasteiger partial charge in [-0.15, -0.1) is 0 Å². The van der Waals surface area contributed by atoms with Crippen molar-refractivity contribution in [2.75, 3.05) is 0 Å². The van der Waals surface area contributed by atoms with Crippen molar-refractivity contribution in [2.24, 2.45) is 23.7 Å². The second kappa shape index (κ2) is 4.64. The van der Waals surface area contributed by atoms with Crippen molar-refractivity contribution in [2.45, 2.75) is 37.8 Å². The fourth-order valence-electron chi connectivity index (χ4n) is 4.24. The summed E-state index contributed by atoms with van der Waals surface area (Å²) in [4.78, 5) is 33.2. The maximum absolute atomic E-state index is 11.8. The van der Waals surface area contributed by atoms with Gasteiger partial charge in [-0.2, -0.15) is 0 Å². The average molecular weight is 282 g/mol. The molecule has 0 aromatic carbocycles. The quantitative estimate of drug-likeness (QED) is 0.577. The van der Waals surface area contributed by atoms with E-state index in [4.69, 9.17) is 10.2 Å². The minimum Gasteiger partial charge on any atom is -0.481 e. The van der Waals surface area contributed by atoms with Gasteiger partial charge in [-0.1, -0.05) is 0 Å². The van der Waals surface area contributed by atoms with Crippen molar-refractivity contribution in [3.8, 4) is 0 Å². The molecule has 0 spiro atoms. The molecule has 0 heterocycles. The summed E-state index contributed by atoms with van der Waals surface area (Å²) >= 11 is 0. The monoisotopic (exact) mass is 282 g/mol. The Morgan fingerprint density at radius 2 is 1.70 bits per heavy atom. The molecule has 7 nitrogen and oxygen atoms in total. The van der Waals surface area contributed by atoms with E-state index >= 15 is 0 Å². The Labute approximate surface area is 115 Å². The molecule has 2 amide bonds. The molecule has 110 valence electrons. The first-order chi connectivity index (χ1) is 9.47. The molecular formula is C13H18N2O5. The number of hydrogen-bond acceptors (Lipinski definition) is 3. The van der Waals surface area contributed by atoms with Crippen LogP contribution < -0.4 is 10.6 Å². The van der Waals surface area contributed by atoms with Gasteiger partial charge >= 0.3 is 18.0 Å². The number of aliphatic carboxylic acids is 2. The lowest BCUT2D eigenvalue weighted by molar-refractivity contribution is -0.145. The van der Waals surface area contributed by atoms with E-state index < -0.39 is 30.4 Å². The predicted molar refractivity (Wildman–Crippen MR) is 66.9 cm³/mol. The minimum absolute atomic E-state index is 0.153. The van der Waals surface area contributed by atoms with Gasteiger partial charge in [0.15, 0.2) is 0 Å². The van der Waals surface area contributed by atoms with E-state index in [-0.39, 0.29) is 6.04 Å². The Balaban J connectivity index is 1.50. The van der Waals surface area contributed by atoms with E-state index in [2.05, 4.69) is 10.6 Å². The number of carboxylic acids is 2. The van der Waals surface area contributed by atoms with Gasteiger partial charge in [0.1, 0.15) is 6.04 Å². The van der Waals surface area contributed by atoms with Crippen molar-refractivity contribution >= 4 is 18.0 Å². The maximum atomic E-state index is 11.8. The molecule has 0 saturated heterocycles. The van der Waals surface area contributed by atoms with Crippen molar-refractivity contribution < 1.29 is 24.6 Å². The normalized spacial score (nSPS) is 37.9. The van der Waals surface area contributed by atoms with Crippen LogP contribution in [0.4, 0.5) is 4.79 Å². The molecule has 0 radical (unpaired) electrons. The Bertz CT molecular complexity index is 450. The highest BCUT2D eigenvalue weighted by atomic mass is 16.4. The highest BCUT2D eigenvalue weighted by Crippen LogP contribution is 2.65. The van der Waals surface area contributed by atoms with E-state index in [1.807, 2.05) is 0 Å². The third-order valence-electron chi connectivity index (χ3n) is 5.02. The summed E-state index contributed by atoms with van der Waals surface area (Å²) in [5.41, 5.74) is 0. The van der Waals surface area contributed by atoms with E-state index in [0.29, 0.717) is 23.7 Å². The molecule has 5 atom stereocenters. The third-order valence-corrected chi connectivity index (χ3v) is 5.02. The van der Waals surface area contributed by atoms with Crippen LogP contribution in [-0.4, -0.2) is 40.3 Å². The van der Waals surface area contributed by atoms with Gasteiger partial charge in [-0.05, 0) is 42.9 Å². The summed E-state index contributed by atoms with van der Waals surface area (Å²) < 4.78 is 0. The molecule has 0 aliphatic heterocycles. The zero-order valence-electron chi connectivity index (χ0n) is 10.9. The summed E-state index contributed by atoms with van der Waals surface area (Å²) in [6.45, 7) is 0. The molecule has 0 aromatic heterocycles. The van der Waals surface area contributed by atoms with Crippen molar-refractivity contribution in [3.05, 3.63) is 0 Å². The molecule has 3 aliphatic rings. The van der Waals surface area contributed by atoms with Crippen LogP contribution in [0.25, 0.3) is 0 Å². The maximum Gasteiger partial charge on any atom is 0.326 e. The zero-order valence-corrected chi connectivity index (χ0v) is 10.9. The largest absolute Gasteiger partial charge is 0.481 e. The molecule has 3 saturated carbocycles. The van der Waals surface area contributed by atoms with Crippen molar-refractivity contribution in [1.82, 2.24) is 10.6 Å². The Morgan fingerprint density at radius 3 is 2.20 bits per heavy atom. The lowest BCUT2D eigenvalue weighted by Gasteiger charge is -2.15. The molecule has 7 heteroatoms. The average Bonchev–Trinajstić information content (AvgIpc) is 2.76. The third kappa shape index (κ3) is 2.21. The van der Waals surface area contributed by atoms with Crippen LogP contribution in [0.15, 0.2) is 0 Å². The highest BCUT2D eigenvalue weighted by Gasteiger charge is 2.65. The van der Waals surface area contributed by atoms with Crippen LogP contribution in [0.5, 0.6) is 0 Å². The standard InChI is InChI=1S/C13H18N2O5/c16-8(17)4-7(12(18)19)14-13(20)15-11-9-5-1-2-6(3-5)10(9)11/h5-7,9-11H,1-4H2,(H,16,17)(H,18,19)(H2,14,15,20)/t5?,6?,7-,9?,10?,11?/m0/s1. The number of nitrogens with one attached hydrogen (secondary N) is 2. The molecule has 0 aromatic rings. The lowest BCUT2D eigenvalue weighted by atomic mass is 10.0. The molecule has 3 rings (SSSR count). The van der Waals surface area contributed by atoms with E-state index in [0.717, 1.165) is 0 Å². The Morgan fingerprint density at radius 1 is 1.10 bits per heavy atom. The van der Waals surface area contributed by atoms with Gasteiger partial charge in [0.05, 0.1) is 6.42 Å². The van der Waals surface area contributed by atoms with Crippen LogP contribution in [0.1, 0.15) is 25.7 Å². The second-order valence-electron chi connectivity index (χ2n) is 6.12. The number of rotatable bonds is 5. The summed E-state index contributed by atoms with van der Waals surface area (Å²) in [6, 6.07) is -1.80. The van der Waals surface area contributed by atoms with E-state index in [1.165, 1.54) is 19.3 Å². The second-order valence-corrected chi connectivity index (χ2v) is 6.12. The number of fused-ring (bicyclic) bond motifs is 5. The smallest absolute Gasteiger partial charge is 0.326 e. The first-order valence-electron chi connectivity index (χ1n) is 6.99. The molecule has 2 bridgehead atoms. The SMILES string of the molecule is O=C(O)C[C@H](NC(=O)NC1C2C3CCC(C3)C12)C(=O)O. The van der Waals surface area contributed by atoms with Crippen molar-refractivity contribution in [3.63, 3.8) is 0 Å². The Kier molecular flexibility index (Phi) is 3.07.